The van der Waals surface area contributed by atoms with E-state index in [-0.39, 0.29) is 42.5 Å². The Balaban J connectivity index is 0.00000192. The van der Waals surface area contributed by atoms with Gasteiger partial charge in [-0.15, -0.1) is 12.4 Å². The lowest BCUT2D eigenvalue weighted by molar-refractivity contribution is -0.143. The molecule has 4 heteroatoms. The number of esters is 1. The van der Waals surface area contributed by atoms with Gasteiger partial charge in [-0.2, -0.15) is 0 Å². The van der Waals surface area contributed by atoms with Gasteiger partial charge < -0.3 is 4.74 Å². The summed E-state index contributed by atoms with van der Waals surface area (Å²) in [5.74, 6) is -0.0646. The summed E-state index contributed by atoms with van der Waals surface area (Å²) in [6.07, 6.45) is -0.172. The molecule has 1 fully saturated rings. The van der Waals surface area contributed by atoms with Crippen LogP contribution in [-0.4, -0.2) is 12.0 Å². The van der Waals surface area contributed by atoms with E-state index in [1.54, 1.807) is 0 Å². The number of halogens is 1. The van der Waals surface area contributed by atoms with E-state index in [2.05, 4.69) is 31.3 Å². The summed E-state index contributed by atoms with van der Waals surface area (Å²) in [7, 11) is 0. The maximum Gasteiger partial charge on any atom is 0.324 e. The standard InChI is InChI=1S/C19H21NO2.ClH/c1-13-17(20-14(2)15-9-5-3-6-10-15)19(21)22-18(13)16-11-7-4-8-12-16;/h3-14,17-18,20H,1-2H3;1H/t13-,14+,17+,18-;/m1./s1. The number of nitrogens with one attached hydrogen (secondary N) is 1. The zero-order valence-electron chi connectivity index (χ0n) is 13.3. The van der Waals surface area contributed by atoms with E-state index in [9.17, 15) is 4.79 Å². The summed E-state index contributed by atoms with van der Waals surface area (Å²) < 4.78 is 5.61. The molecule has 0 aromatic heterocycles. The number of ether oxygens (including phenoxy) is 1. The molecule has 1 aliphatic rings. The van der Waals surface area contributed by atoms with Crippen LogP contribution in [0.1, 0.15) is 37.1 Å². The number of hydrogen-bond donors (Lipinski definition) is 1. The molecule has 3 rings (SSSR count). The van der Waals surface area contributed by atoms with E-state index in [1.807, 2.05) is 48.5 Å². The number of cyclic esters (lactones) is 1. The van der Waals surface area contributed by atoms with Crippen LogP contribution in [0.2, 0.25) is 0 Å². The second-order valence-corrected chi connectivity index (χ2v) is 5.90. The van der Waals surface area contributed by atoms with Crippen LogP contribution >= 0.6 is 12.4 Å². The molecule has 0 amide bonds. The van der Waals surface area contributed by atoms with Gasteiger partial charge >= 0.3 is 5.97 Å². The van der Waals surface area contributed by atoms with Crippen LogP contribution in [0, 0.1) is 5.92 Å². The van der Waals surface area contributed by atoms with Gasteiger partial charge in [0.2, 0.25) is 0 Å². The normalized spacial score (nSPS) is 24.6. The number of carbonyl (C=O) groups excluding carboxylic acids is 1. The lowest BCUT2D eigenvalue weighted by atomic mass is 9.93. The Morgan fingerprint density at radius 3 is 2.17 bits per heavy atom. The monoisotopic (exact) mass is 331 g/mol. The summed E-state index contributed by atoms with van der Waals surface area (Å²) in [4.78, 5) is 12.3. The number of carbonyl (C=O) groups is 1. The van der Waals surface area contributed by atoms with Crippen LogP contribution in [0.25, 0.3) is 0 Å². The first-order valence-corrected chi connectivity index (χ1v) is 7.73. The van der Waals surface area contributed by atoms with E-state index in [4.69, 9.17) is 4.74 Å². The van der Waals surface area contributed by atoms with E-state index in [0.717, 1.165) is 5.56 Å². The minimum atomic E-state index is -0.277. The van der Waals surface area contributed by atoms with Crippen molar-refractivity contribution in [2.75, 3.05) is 0 Å². The van der Waals surface area contributed by atoms with Crippen LogP contribution in [-0.2, 0) is 9.53 Å². The van der Waals surface area contributed by atoms with E-state index in [0.29, 0.717) is 0 Å². The Morgan fingerprint density at radius 2 is 1.57 bits per heavy atom. The van der Waals surface area contributed by atoms with Gasteiger partial charge in [0.15, 0.2) is 0 Å². The van der Waals surface area contributed by atoms with Crippen LogP contribution in [0.5, 0.6) is 0 Å². The van der Waals surface area contributed by atoms with Crippen molar-refractivity contribution < 1.29 is 9.53 Å². The summed E-state index contributed by atoms with van der Waals surface area (Å²) in [6.45, 7) is 4.14. The smallest absolute Gasteiger partial charge is 0.324 e. The van der Waals surface area contributed by atoms with E-state index in [1.165, 1.54) is 5.56 Å². The molecule has 0 unspecified atom stereocenters. The molecule has 0 saturated carbocycles. The number of benzene rings is 2. The maximum absolute atomic E-state index is 12.3. The Labute approximate surface area is 143 Å². The van der Waals surface area contributed by atoms with Crippen molar-refractivity contribution in [3.05, 3.63) is 71.8 Å². The topological polar surface area (TPSA) is 38.3 Å². The van der Waals surface area contributed by atoms with Gasteiger partial charge in [0, 0.05) is 12.0 Å². The highest BCUT2D eigenvalue weighted by atomic mass is 35.5. The molecule has 3 nitrogen and oxygen atoms in total. The van der Waals surface area contributed by atoms with Crippen molar-refractivity contribution in [1.82, 2.24) is 5.32 Å². The van der Waals surface area contributed by atoms with E-state index < -0.39 is 0 Å². The second-order valence-electron chi connectivity index (χ2n) is 5.90. The first-order chi connectivity index (χ1) is 10.7. The second kappa shape index (κ2) is 7.62. The average Bonchev–Trinajstić information content (AvgIpc) is 2.84. The zero-order valence-corrected chi connectivity index (χ0v) is 14.1. The Morgan fingerprint density at radius 1 is 1.00 bits per heavy atom. The molecule has 4 atom stereocenters. The van der Waals surface area contributed by atoms with Crippen LogP contribution in [0.15, 0.2) is 60.7 Å². The Kier molecular flexibility index (Phi) is 5.80. The van der Waals surface area contributed by atoms with Gasteiger partial charge in [0.05, 0.1) is 0 Å². The molecule has 1 aliphatic heterocycles. The lowest BCUT2D eigenvalue weighted by Gasteiger charge is -2.21. The quantitative estimate of drug-likeness (QED) is 0.858. The fourth-order valence-corrected chi connectivity index (χ4v) is 3.04. The fraction of sp³-hybridized carbons (Fsp3) is 0.316. The molecule has 1 heterocycles. The average molecular weight is 332 g/mol. The summed E-state index contributed by atoms with van der Waals surface area (Å²) >= 11 is 0. The highest BCUT2D eigenvalue weighted by molar-refractivity contribution is 5.85. The molecule has 2 aromatic rings. The number of hydrogen-bond acceptors (Lipinski definition) is 3. The molecule has 1 saturated heterocycles. The van der Waals surface area contributed by atoms with Gasteiger partial charge in [0.1, 0.15) is 12.1 Å². The minimum Gasteiger partial charge on any atom is -0.456 e. The lowest BCUT2D eigenvalue weighted by Crippen LogP contribution is -2.39. The van der Waals surface area contributed by atoms with Crippen molar-refractivity contribution in [2.24, 2.45) is 5.92 Å². The summed E-state index contributed by atoms with van der Waals surface area (Å²) in [6, 6.07) is 19.9. The molecule has 0 spiro atoms. The van der Waals surface area contributed by atoms with Crippen LogP contribution in [0.4, 0.5) is 0 Å². The Hall–Kier alpha value is -1.84. The highest BCUT2D eigenvalue weighted by Gasteiger charge is 2.42. The van der Waals surface area contributed by atoms with Crippen molar-refractivity contribution in [3.63, 3.8) is 0 Å². The van der Waals surface area contributed by atoms with Crippen molar-refractivity contribution in [1.29, 1.82) is 0 Å². The zero-order chi connectivity index (χ0) is 15.5. The third-order valence-electron chi connectivity index (χ3n) is 4.36. The largest absolute Gasteiger partial charge is 0.456 e. The van der Waals surface area contributed by atoms with E-state index >= 15 is 0 Å². The van der Waals surface area contributed by atoms with Gasteiger partial charge in [-0.1, -0.05) is 67.6 Å². The van der Waals surface area contributed by atoms with Gasteiger partial charge in [0.25, 0.3) is 0 Å². The molecular weight excluding hydrogens is 310 g/mol. The molecule has 0 aliphatic carbocycles. The summed E-state index contributed by atoms with van der Waals surface area (Å²) in [5, 5.41) is 3.42. The van der Waals surface area contributed by atoms with Crippen LogP contribution < -0.4 is 5.32 Å². The molecule has 0 radical (unpaired) electrons. The number of rotatable bonds is 4. The highest BCUT2D eigenvalue weighted by Crippen LogP contribution is 2.36. The van der Waals surface area contributed by atoms with Crippen molar-refractivity contribution >= 4 is 18.4 Å². The van der Waals surface area contributed by atoms with Crippen molar-refractivity contribution in [3.8, 4) is 0 Å². The third-order valence-corrected chi connectivity index (χ3v) is 4.36. The molecular formula is C19H22ClNO2. The third kappa shape index (κ3) is 3.74. The maximum atomic E-state index is 12.3. The molecule has 122 valence electrons. The fourth-order valence-electron chi connectivity index (χ4n) is 3.04. The minimum absolute atomic E-state index is 0. The van der Waals surface area contributed by atoms with Gasteiger partial charge in [-0.25, -0.2) is 0 Å². The first kappa shape index (κ1) is 17.5. The molecule has 0 bridgehead atoms. The first-order valence-electron chi connectivity index (χ1n) is 7.73. The Bertz CT molecular complexity index is 632. The van der Waals surface area contributed by atoms with Crippen molar-refractivity contribution in [2.45, 2.75) is 32.0 Å². The predicted molar refractivity (Wildman–Crippen MR) is 93.5 cm³/mol. The summed E-state index contributed by atoms with van der Waals surface area (Å²) in [5.41, 5.74) is 2.23. The van der Waals surface area contributed by atoms with Gasteiger partial charge in [-0.05, 0) is 18.1 Å². The molecule has 2 aromatic carbocycles. The molecule has 23 heavy (non-hydrogen) atoms. The van der Waals surface area contributed by atoms with Crippen LogP contribution in [0.3, 0.4) is 0 Å². The van der Waals surface area contributed by atoms with Gasteiger partial charge in [-0.3, -0.25) is 10.1 Å². The predicted octanol–water partition coefficient (Wildman–Crippen LogP) is 4.06. The SMILES string of the molecule is C[C@@H]1[C@H](N[C@@H](C)c2ccccc2)C(=O)O[C@H]1c1ccccc1.Cl. The molecule has 1 N–H and O–H groups in total.